The quantitative estimate of drug-likeness (QED) is 0.680. The summed E-state index contributed by atoms with van der Waals surface area (Å²) in [6.07, 6.45) is 1.29. The van der Waals surface area contributed by atoms with E-state index in [4.69, 9.17) is 0 Å². The van der Waals surface area contributed by atoms with Crippen molar-refractivity contribution in [1.29, 1.82) is 0 Å². The topological polar surface area (TPSA) is 86.9 Å². The summed E-state index contributed by atoms with van der Waals surface area (Å²) in [5.74, 6) is -3.17. The number of anilines is 2. The Hall–Kier alpha value is -3.55. The Morgan fingerprint density at radius 2 is 1.72 bits per heavy atom. The van der Waals surface area contributed by atoms with Crippen molar-refractivity contribution in [3.8, 4) is 0 Å². The molecule has 2 aromatic carbocycles. The zero-order valence-electron chi connectivity index (χ0n) is 12.7. The lowest BCUT2D eigenvalue weighted by Gasteiger charge is -2.07. The number of H-pyrrole nitrogens is 1. The first kappa shape index (κ1) is 16.3. The predicted octanol–water partition coefficient (Wildman–Crippen LogP) is 3.19. The number of para-hydroxylation sites is 1. The number of hydrogen-bond donors (Lipinski definition) is 3. The maximum atomic E-state index is 13.7. The first-order valence-electron chi connectivity index (χ1n) is 7.21. The molecule has 2 amide bonds. The minimum Gasteiger partial charge on any atom is -0.321 e. The molecule has 0 saturated carbocycles. The predicted molar refractivity (Wildman–Crippen MR) is 87.3 cm³/mol. The number of rotatable bonds is 4. The summed E-state index contributed by atoms with van der Waals surface area (Å²) >= 11 is 0. The molecule has 6 nitrogen and oxygen atoms in total. The smallest absolute Gasteiger partial charge is 0.278 e. The normalized spacial score (nSPS) is 10.3. The van der Waals surface area contributed by atoms with E-state index in [0.717, 1.165) is 12.1 Å². The average molecular weight is 342 g/mol. The number of aromatic nitrogens is 2. The molecule has 0 saturated heterocycles. The second-order valence-corrected chi connectivity index (χ2v) is 5.05. The second-order valence-electron chi connectivity index (χ2n) is 5.05. The first-order chi connectivity index (χ1) is 12.0. The highest BCUT2D eigenvalue weighted by atomic mass is 19.1. The van der Waals surface area contributed by atoms with Gasteiger partial charge in [-0.25, -0.2) is 8.78 Å². The van der Waals surface area contributed by atoms with Crippen LogP contribution in [0.1, 0.15) is 20.8 Å². The van der Waals surface area contributed by atoms with Gasteiger partial charge in [-0.15, -0.1) is 0 Å². The minimum absolute atomic E-state index is 0.0697. The molecule has 3 aromatic rings. The Labute approximate surface area is 140 Å². The third kappa shape index (κ3) is 3.69. The van der Waals surface area contributed by atoms with Crippen molar-refractivity contribution in [2.24, 2.45) is 0 Å². The van der Waals surface area contributed by atoms with Crippen molar-refractivity contribution in [2.45, 2.75) is 0 Å². The Balaban J connectivity index is 1.77. The first-order valence-corrected chi connectivity index (χ1v) is 7.21. The minimum atomic E-state index is -1.00. The fraction of sp³-hybridized carbons (Fsp3) is 0. The fourth-order valence-electron chi connectivity index (χ4n) is 2.13. The van der Waals surface area contributed by atoms with Gasteiger partial charge in [0.2, 0.25) is 0 Å². The maximum Gasteiger partial charge on any atom is 0.278 e. The van der Waals surface area contributed by atoms with Gasteiger partial charge in [0, 0.05) is 18.0 Å². The summed E-state index contributed by atoms with van der Waals surface area (Å²) in [4.78, 5) is 24.4. The van der Waals surface area contributed by atoms with E-state index in [1.807, 2.05) is 0 Å². The van der Waals surface area contributed by atoms with Gasteiger partial charge in [0.1, 0.15) is 11.6 Å². The van der Waals surface area contributed by atoms with Gasteiger partial charge >= 0.3 is 0 Å². The Morgan fingerprint density at radius 3 is 2.44 bits per heavy atom. The highest BCUT2D eigenvalue weighted by Crippen LogP contribution is 2.17. The van der Waals surface area contributed by atoms with Crippen molar-refractivity contribution in [1.82, 2.24) is 10.2 Å². The van der Waals surface area contributed by atoms with E-state index in [2.05, 4.69) is 20.8 Å². The number of benzene rings is 2. The molecule has 3 rings (SSSR count). The maximum absolute atomic E-state index is 13.7. The van der Waals surface area contributed by atoms with E-state index in [9.17, 15) is 18.4 Å². The van der Waals surface area contributed by atoms with Crippen LogP contribution < -0.4 is 10.6 Å². The fourth-order valence-corrected chi connectivity index (χ4v) is 2.13. The molecule has 0 unspecified atom stereocenters. The number of carbonyl (C=O) groups is 2. The summed E-state index contributed by atoms with van der Waals surface area (Å²) in [7, 11) is 0. The molecule has 25 heavy (non-hydrogen) atoms. The van der Waals surface area contributed by atoms with Crippen LogP contribution in [0.4, 0.5) is 20.2 Å². The molecular formula is C17H12F2N4O2. The van der Waals surface area contributed by atoms with Crippen LogP contribution in [-0.2, 0) is 0 Å². The lowest BCUT2D eigenvalue weighted by molar-refractivity contribution is 0.102. The van der Waals surface area contributed by atoms with Crippen molar-refractivity contribution in [3.05, 3.63) is 77.6 Å². The monoisotopic (exact) mass is 342 g/mol. The lowest BCUT2D eigenvalue weighted by Crippen LogP contribution is -2.18. The van der Waals surface area contributed by atoms with E-state index in [1.54, 1.807) is 30.3 Å². The molecule has 8 heteroatoms. The largest absolute Gasteiger partial charge is 0.321 e. The molecule has 0 aliphatic rings. The van der Waals surface area contributed by atoms with Crippen LogP contribution >= 0.6 is 0 Å². The molecule has 0 spiro atoms. The van der Waals surface area contributed by atoms with E-state index in [0.29, 0.717) is 11.8 Å². The van der Waals surface area contributed by atoms with Gasteiger partial charge in [0.15, 0.2) is 5.69 Å². The number of carbonyl (C=O) groups excluding carboxylic acids is 2. The molecule has 3 N–H and O–H groups in total. The third-order valence-electron chi connectivity index (χ3n) is 3.31. The molecule has 1 heterocycles. The van der Waals surface area contributed by atoms with Crippen LogP contribution in [0.5, 0.6) is 0 Å². The summed E-state index contributed by atoms with van der Waals surface area (Å²) < 4.78 is 26.6. The number of nitrogens with zero attached hydrogens (tertiary/aromatic N) is 1. The highest BCUT2D eigenvalue weighted by molar-refractivity contribution is 6.11. The average Bonchev–Trinajstić information content (AvgIpc) is 3.03. The van der Waals surface area contributed by atoms with Crippen molar-refractivity contribution >= 4 is 23.2 Å². The SMILES string of the molecule is O=C(Nc1c[nH]nc1C(=O)Nc1ccccc1)c1ccc(F)cc1F. The Kier molecular flexibility index (Phi) is 4.51. The second kappa shape index (κ2) is 6.91. The van der Waals surface area contributed by atoms with Gasteiger partial charge in [-0.1, -0.05) is 18.2 Å². The van der Waals surface area contributed by atoms with E-state index >= 15 is 0 Å². The zero-order chi connectivity index (χ0) is 17.8. The molecule has 0 radical (unpaired) electrons. The molecule has 0 bridgehead atoms. The standard InChI is InChI=1S/C17H12F2N4O2/c18-10-6-7-12(13(19)8-10)16(24)22-14-9-20-23-15(14)17(25)21-11-4-2-1-3-5-11/h1-9H,(H,20,23)(H,21,25)(H,22,24). The van der Waals surface area contributed by atoms with Crippen molar-refractivity contribution in [3.63, 3.8) is 0 Å². The van der Waals surface area contributed by atoms with E-state index < -0.39 is 23.4 Å². The van der Waals surface area contributed by atoms with Crippen LogP contribution in [-0.4, -0.2) is 22.0 Å². The van der Waals surface area contributed by atoms with Gasteiger partial charge in [0.25, 0.3) is 11.8 Å². The third-order valence-corrected chi connectivity index (χ3v) is 3.31. The number of hydrogen-bond acceptors (Lipinski definition) is 3. The highest BCUT2D eigenvalue weighted by Gasteiger charge is 2.19. The van der Waals surface area contributed by atoms with Crippen molar-refractivity contribution < 1.29 is 18.4 Å². The molecule has 0 atom stereocenters. The molecule has 0 aliphatic heterocycles. The van der Waals surface area contributed by atoms with Crippen LogP contribution in [0.3, 0.4) is 0 Å². The zero-order valence-corrected chi connectivity index (χ0v) is 12.7. The molecule has 1 aromatic heterocycles. The Morgan fingerprint density at radius 1 is 0.960 bits per heavy atom. The summed E-state index contributed by atoms with van der Waals surface area (Å²) in [5, 5.41) is 11.3. The molecule has 126 valence electrons. The summed E-state index contributed by atoms with van der Waals surface area (Å²) in [5.41, 5.74) is 0.205. The van der Waals surface area contributed by atoms with Gasteiger partial charge in [0.05, 0.1) is 11.3 Å². The Bertz CT molecular complexity index is 925. The van der Waals surface area contributed by atoms with Crippen LogP contribution in [0, 0.1) is 11.6 Å². The number of aromatic amines is 1. The van der Waals surface area contributed by atoms with Gasteiger partial charge in [-0.2, -0.15) is 5.10 Å². The summed E-state index contributed by atoms with van der Waals surface area (Å²) in [6, 6.07) is 11.3. The number of nitrogens with one attached hydrogen (secondary N) is 3. The molecule has 0 aliphatic carbocycles. The van der Waals surface area contributed by atoms with Crippen LogP contribution in [0.2, 0.25) is 0 Å². The van der Waals surface area contributed by atoms with Gasteiger partial charge in [-0.3, -0.25) is 14.7 Å². The van der Waals surface area contributed by atoms with Crippen LogP contribution in [0.15, 0.2) is 54.7 Å². The van der Waals surface area contributed by atoms with Crippen LogP contribution in [0.25, 0.3) is 0 Å². The lowest BCUT2D eigenvalue weighted by atomic mass is 10.2. The molecule has 0 fully saturated rings. The molecular weight excluding hydrogens is 330 g/mol. The van der Waals surface area contributed by atoms with Gasteiger partial charge < -0.3 is 10.6 Å². The van der Waals surface area contributed by atoms with E-state index in [1.165, 1.54) is 6.20 Å². The van der Waals surface area contributed by atoms with E-state index in [-0.39, 0.29) is 16.9 Å². The number of amides is 2. The number of halogens is 2. The van der Waals surface area contributed by atoms with Crippen molar-refractivity contribution in [2.75, 3.05) is 10.6 Å². The summed E-state index contributed by atoms with van der Waals surface area (Å²) in [6.45, 7) is 0. The van der Waals surface area contributed by atoms with Gasteiger partial charge in [-0.05, 0) is 24.3 Å².